The number of aliphatic hydroxyl groups excluding tert-OH is 1. The van der Waals surface area contributed by atoms with Crippen molar-refractivity contribution in [1.29, 1.82) is 0 Å². The van der Waals surface area contributed by atoms with E-state index >= 15 is 0 Å². The number of hydrogen-bond acceptors (Lipinski definition) is 4. The monoisotopic (exact) mass is 319 g/mol. The first kappa shape index (κ1) is 16.5. The van der Waals surface area contributed by atoms with Gasteiger partial charge in [-0.25, -0.2) is 17.5 Å². The highest BCUT2D eigenvalue weighted by molar-refractivity contribution is 7.88. The van der Waals surface area contributed by atoms with E-state index in [-0.39, 0.29) is 18.7 Å². The van der Waals surface area contributed by atoms with Crippen LogP contribution in [0.5, 0.6) is 0 Å². The van der Waals surface area contributed by atoms with Gasteiger partial charge in [-0.1, -0.05) is 0 Å². The van der Waals surface area contributed by atoms with Crippen molar-refractivity contribution < 1.29 is 18.3 Å². The minimum atomic E-state index is -3.19. The van der Waals surface area contributed by atoms with E-state index in [2.05, 4.69) is 5.32 Å². The number of nitrogens with one attached hydrogen (secondary N) is 1. The molecule has 0 aromatic carbocycles. The van der Waals surface area contributed by atoms with Crippen molar-refractivity contribution in [2.24, 2.45) is 5.92 Å². The summed E-state index contributed by atoms with van der Waals surface area (Å²) in [5.74, 6) is 0.296. The topological polar surface area (TPSA) is 90.0 Å². The van der Waals surface area contributed by atoms with Crippen LogP contribution in [0.3, 0.4) is 0 Å². The lowest BCUT2D eigenvalue weighted by molar-refractivity contribution is 0.133. The molecule has 2 heterocycles. The molecule has 7 nitrogen and oxygen atoms in total. The van der Waals surface area contributed by atoms with Gasteiger partial charge in [0.25, 0.3) is 0 Å². The van der Waals surface area contributed by atoms with Gasteiger partial charge in [0.15, 0.2) is 0 Å². The first-order valence-corrected chi connectivity index (χ1v) is 9.36. The number of hydrogen-bond donors (Lipinski definition) is 2. The lowest BCUT2D eigenvalue weighted by Gasteiger charge is -2.35. The second kappa shape index (κ2) is 6.93. The molecule has 8 heteroatoms. The molecule has 2 aliphatic rings. The van der Waals surface area contributed by atoms with Crippen LogP contribution in [0.25, 0.3) is 0 Å². The van der Waals surface area contributed by atoms with Gasteiger partial charge in [0.05, 0.1) is 6.26 Å². The first-order valence-electron chi connectivity index (χ1n) is 7.51. The fourth-order valence-corrected chi connectivity index (χ4v) is 3.86. The summed E-state index contributed by atoms with van der Waals surface area (Å²) in [4.78, 5) is 14.0. The molecule has 0 spiro atoms. The predicted molar refractivity (Wildman–Crippen MR) is 79.4 cm³/mol. The zero-order valence-electron chi connectivity index (χ0n) is 12.5. The highest BCUT2D eigenvalue weighted by atomic mass is 32.2. The van der Waals surface area contributed by atoms with Crippen LogP contribution in [0.15, 0.2) is 0 Å². The summed E-state index contributed by atoms with van der Waals surface area (Å²) >= 11 is 0. The molecule has 1 atom stereocenters. The number of rotatable bonds is 3. The van der Waals surface area contributed by atoms with Gasteiger partial charge in [-0.3, -0.25) is 0 Å². The maximum atomic E-state index is 12.2. The van der Waals surface area contributed by atoms with Gasteiger partial charge in [-0.05, 0) is 31.6 Å². The summed E-state index contributed by atoms with van der Waals surface area (Å²) in [5.41, 5.74) is 0. The molecule has 0 aromatic heterocycles. The lowest BCUT2D eigenvalue weighted by atomic mass is 9.98. The Morgan fingerprint density at radius 1 is 1.24 bits per heavy atom. The van der Waals surface area contributed by atoms with E-state index in [0.29, 0.717) is 32.1 Å². The SMILES string of the molecule is CS(=O)(=O)N1CCCC(NC(=O)N2CCC(CO)CC2)C1. The Morgan fingerprint density at radius 2 is 1.90 bits per heavy atom. The second-order valence-electron chi connectivity index (χ2n) is 6.02. The van der Waals surface area contributed by atoms with Gasteiger partial charge < -0.3 is 15.3 Å². The molecule has 0 radical (unpaired) electrons. The molecule has 0 saturated carbocycles. The number of nitrogens with zero attached hydrogens (tertiary/aromatic N) is 2. The fourth-order valence-electron chi connectivity index (χ4n) is 2.95. The van der Waals surface area contributed by atoms with Gasteiger partial charge in [0.1, 0.15) is 0 Å². The Kier molecular flexibility index (Phi) is 5.45. The molecular weight excluding hydrogens is 294 g/mol. The number of carbonyl (C=O) groups is 1. The Morgan fingerprint density at radius 3 is 2.48 bits per heavy atom. The van der Waals surface area contributed by atoms with Crippen LogP contribution in [-0.4, -0.2) is 73.8 Å². The first-order chi connectivity index (χ1) is 9.90. The molecule has 2 rings (SSSR count). The van der Waals surface area contributed by atoms with Crippen LogP contribution < -0.4 is 5.32 Å². The molecule has 2 amide bonds. The number of urea groups is 1. The van der Waals surface area contributed by atoms with Crippen molar-refractivity contribution in [2.45, 2.75) is 31.7 Å². The Bertz CT molecular complexity index is 460. The third-order valence-electron chi connectivity index (χ3n) is 4.34. The average Bonchev–Trinajstić information content (AvgIpc) is 2.47. The van der Waals surface area contributed by atoms with Crippen molar-refractivity contribution in [3.8, 4) is 0 Å². The van der Waals surface area contributed by atoms with Gasteiger partial charge in [-0.2, -0.15) is 0 Å². The van der Waals surface area contributed by atoms with Crippen LogP contribution in [0.2, 0.25) is 0 Å². The van der Waals surface area contributed by atoms with Gasteiger partial charge in [-0.15, -0.1) is 0 Å². The van der Waals surface area contributed by atoms with Crippen molar-refractivity contribution >= 4 is 16.1 Å². The van der Waals surface area contributed by atoms with Crippen molar-refractivity contribution in [3.63, 3.8) is 0 Å². The molecule has 0 bridgehead atoms. The molecular formula is C13H25N3O4S. The Hall–Kier alpha value is -0.860. The second-order valence-corrected chi connectivity index (χ2v) is 8.01. The average molecular weight is 319 g/mol. The Labute approximate surface area is 126 Å². The van der Waals surface area contributed by atoms with E-state index in [9.17, 15) is 13.2 Å². The molecule has 2 aliphatic heterocycles. The van der Waals surface area contributed by atoms with Gasteiger partial charge >= 0.3 is 6.03 Å². The van der Waals surface area contributed by atoms with Crippen LogP contribution in [0, 0.1) is 5.92 Å². The summed E-state index contributed by atoms with van der Waals surface area (Å²) in [7, 11) is -3.19. The van der Waals surface area contributed by atoms with E-state index in [0.717, 1.165) is 25.7 Å². The van der Waals surface area contributed by atoms with Crippen LogP contribution >= 0.6 is 0 Å². The molecule has 0 aliphatic carbocycles. The minimum Gasteiger partial charge on any atom is -0.396 e. The third-order valence-corrected chi connectivity index (χ3v) is 5.61. The summed E-state index contributed by atoms with van der Waals surface area (Å²) in [6.45, 7) is 2.38. The number of sulfonamides is 1. The largest absolute Gasteiger partial charge is 0.396 e. The van der Waals surface area contributed by atoms with E-state index in [1.54, 1.807) is 4.90 Å². The maximum Gasteiger partial charge on any atom is 0.317 e. The number of amides is 2. The van der Waals surface area contributed by atoms with E-state index in [1.165, 1.54) is 10.6 Å². The smallest absolute Gasteiger partial charge is 0.317 e. The number of aliphatic hydroxyl groups is 1. The zero-order valence-corrected chi connectivity index (χ0v) is 13.3. The quantitative estimate of drug-likeness (QED) is 0.755. The lowest BCUT2D eigenvalue weighted by Crippen LogP contribution is -2.53. The standard InChI is InChI=1S/C13H25N3O4S/c1-21(19,20)16-6-2-3-12(9-16)14-13(18)15-7-4-11(10-17)5-8-15/h11-12,17H,2-10H2,1H3,(H,14,18). The van der Waals surface area contributed by atoms with Crippen molar-refractivity contribution in [2.75, 3.05) is 39.0 Å². The van der Waals surface area contributed by atoms with E-state index < -0.39 is 10.0 Å². The maximum absolute atomic E-state index is 12.2. The summed E-state index contributed by atoms with van der Waals surface area (Å²) in [6.07, 6.45) is 4.43. The molecule has 2 saturated heterocycles. The summed E-state index contributed by atoms with van der Waals surface area (Å²) in [5, 5.41) is 12.0. The molecule has 0 aromatic rings. The molecule has 2 fully saturated rings. The van der Waals surface area contributed by atoms with E-state index in [4.69, 9.17) is 5.11 Å². The van der Waals surface area contributed by atoms with Gasteiger partial charge in [0.2, 0.25) is 10.0 Å². The highest BCUT2D eigenvalue weighted by Crippen LogP contribution is 2.17. The fraction of sp³-hybridized carbons (Fsp3) is 0.923. The van der Waals surface area contributed by atoms with Gasteiger partial charge in [0, 0.05) is 38.8 Å². The summed E-state index contributed by atoms with van der Waals surface area (Å²) < 4.78 is 24.6. The molecule has 2 N–H and O–H groups in total. The van der Waals surface area contributed by atoms with Crippen LogP contribution in [-0.2, 0) is 10.0 Å². The van der Waals surface area contributed by atoms with E-state index in [1.807, 2.05) is 0 Å². The normalized spacial score (nSPS) is 25.8. The third kappa shape index (κ3) is 4.55. The zero-order chi connectivity index (χ0) is 15.5. The van der Waals surface area contributed by atoms with Crippen molar-refractivity contribution in [3.05, 3.63) is 0 Å². The molecule has 122 valence electrons. The predicted octanol–water partition coefficient (Wildman–Crippen LogP) is -0.176. The number of likely N-dealkylation sites (tertiary alicyclic amines) is 1. The number of piperidine rings is 2. The molecule has 1 unspecified atom stereocenters. The van der Waals surface area contributed by atoms with Crippen molar-refractivity contribution in [1.82, 2.24) is 14.5 Å². The van der Waals surface area contributed by atoms with Crippen LogP contribution in [0.1, 0.15) is 25.7 Å². The summed E-state index contributed by atoms with van der Waals surface area (Å²) in [6, 6.07) is -0.233. The number of carbonyl (C=O) groups excluding carboxylic acids is 1. The Balaban J connectivity index is 1.83. The minimum absolute atomic E-state index is 0.114. The highest BCUT2D eigenvalue weighted by Gasteiger charge is 2.29. The molecule has 21 heavy (non-hydrogen) atoms. The van der Waals surface area contributed by atoms with Crippen LogP contribution in [0.4, 0.5) is 4.79 Å².